The molecule has 1 aromatic rings. The lowest BCUT2D eigenvalue weighted by molar-refractivity contribution is 0.0577. The second kappa shape index (κ2) is 3.53. The lowest BCUT2D eigenvalue weighted by Crippen LogP contribution is -2.28. The minimum atomic E-state index is -0.850. The van der Waals surface area contributed by atoms with Gasteiger partial charge in [-0.05, 0) is 31.2 Å². The van der Waals surface area contributed by atoms with Gasteiger partial charge in [0.05, 0.1) is 0 Å². The van der Waals surface area contributed by atoms with E-state index in [9.17, 15) is 10.2 Å². The number of halogens is 1. The minimum Gasteiger partial charge on any atom is -0.508 e. The molecule has 0 radical (unpaired) electrons. The standard InChI is InChI=1S/C10H12BrNO2/c11-9-2-1-7(13)5-8(9)10(14)3-4-12-6-10/h1-2,5,12-14H,3-4,6H2. The first-order valence-electron chi connectivity index (χ1n) is 4.54. The largest absolute Gasteiger partial charge is 0.508 e. The van der Waals surface area contributed by atoms with Crippen LogP contribution in [0.4, 0.5) is 0 Å². The van der Waals surface area contributed by atoms with Crippen LogP contribution in [-0.4, -0.2) is 23.3 Å². The number of benzene rings is 1. The zero-order valence-corrected chi connectivity index (χ0v) is 9.21. The smallest absolute Gasteiger partial charge is 0.116 e. The van der Waals surface area contributed by atoms with Crippen LogP contribution in [0.15, 0.2) is 22.7 Å². The molecule has 1 saturated heterocycles. The molecule has 1 atom stereocenters. The highest BCUT2D eigenvalue weighted by Gasteiger charge is 2.34. The van der Waals surface area contributed by atoms with Crippen LogP contribution in [0.25, 0.3) is 0 Å². The van der Waals surface area contributed by atoms with Crippen molar-refractivity contribution in [2.45, 2.75) is 12.0 Å². The number of aromatic hydroxyl groups is 1. The van der Waals surface area contributed by atoms with Crippen molar-refractivity contribution in [1.29, 1.82) is 0 Å². The first kappa shape index (κ1) is 9.96. The maximum Gasteiger partial charge on any atom is 0.116 e. The molecule has 14 heavy (non-hydrogen) atoms. The maximum atomic E-state index is 10.3. The van der Waals surface area contributed by atoms with E-state index in [-0.39, 0.29) is 5.75 Å². The van der Waals surface area contributed by atoms with Gasteiger partial charge >= 0.3 is 0 Å². The number of phenols is 1. The Kier molecular flexibility index (Phi) is 2.51. The number of β-amino-alcohol motifs (C(OH)–C–C–N with tert-alkyl or cyclic N) is 1. The van der Waals surface area contributed by atoms with E-state index >= 15 is 0 Å². The molecule has 1 fully saturated rings. The quantitative estimate of drug-likeness (QED) is 0.712. The van der Waals surface area contributed by atoms with E-state index in [4.69, 9.17) is 0 Å². The van der Waals surface area contributed by atoms with E-state index in [1.807, 2.05) is 0 Å². The molecule has 0 spiro atoms. The van der Waals surface area contributed by atoms with E-state index in [0.717, 1.165) is 16.6 Å². The monoisotopic (exact) mass is 257 g/mol. The van der Waals surface area contributed by atoms with Crippen molar-refractivity contribution < 1.29 is 10.2 Å². The van der Waals surface area contributed by atoms with Gasteiger partial charge < -0.3 is 15.5 Å². The molecule has 0 saturated carbocycles. The average Bonchev–Trinajstić information content (AvgIpc) is 2.58. The van der Waals surface area contributed by atoms with Gasteiger partial charge in [0.1, 0.15) is 11.4 Å². The molecule has 0 aliphatic carbocycles. The third kappa shape index (κ3) is 1.65. The van der Waals surface area contributed by atoms with Crippen LogP contribution in [0.3, 0.4) is 0 Å². The zero-order chi connectivity index (χ0) is 10.2. The second-order valence-corrected chi connectivity index (χ2v) is 4.48. The molecule has 1 unspecified atom stereocenters. The Morgan fingerprint density at radius 3 is 2.86 bits per heavy atom. The van der Waals surface area contributed by atoms with Gasteiger partial charge in [0.25, 0.3) is 0 Å². The summed E-state index contributed by atoms with van der Waals surface area (Å²) in [4.78, 5) is 0. The van der Waals surface area contributed by atoms with Crippen LogP contribution < -0.4 is 5.32 Å². The zero-order valence-electron chi connectivity index (χ0n) is 7.63. The van der Waals surface area contributed by atoms with Crippen LogP contribution in [0.1, 0.15) is 12.0 Å². The second-order valence-electron chi connectivity index (χ2n) is 3.62. The fraction of sp³-hybridized carbons (Fsp3) is 0.400. The molecule has 3 nitrogen and oxygen atoms in total. The molecule has 0 aromatic heterocycles. The van der Waals surface area contributed by atoms with Crippen LogP contribution in [0, 0.1) is 0 Å². The Morgan fingerprint density at radius 1 is 1.43 bits per heavy atom. The highest BCUT2D eigenvalue weighted by Crippen LogP contribution is 2.35. The first-order chi connectivity index (χ1) is 6.62. The number of hydrogen-bond donors (Lipinski definition) is 3. The average molecular weight is 258 g/mol. The molecule has 0 amide bonds. The highest BCUT2D eigenvalue weighted by atomic mass is 79.9. The topological polar surface area (TPSA) is 52.5 Å². The summed E-state index contributed by atoms with van der Waals surface area (Å²) in [6.07, 6.45) is 0.676. The minimum absolute atomic E-state index is 0.184. The fourth-order valence-corrected chi connectivity index (χ4v) is 2.39. The number of hydrogen-bond acceptors (Lipinski definition) is 3. The van der Waals surface area contributed by atoms with E-state index in [1.165, 1.54) is 0 Å². The Hall–Kier alpha value is -0.580. The van der Waals surface area contributed by atoms with Crippen molar-refractivity contribution in [3.63, 3.8) is 0 Å². The van der Waals surface area contributed by atoms with Gasteiger partial charge in [0.15, 0.2) is 0 Å². The van der Waals surface area contributed by atoms with Crippen molar-refractivity contribution in [3.8, 4) is 5.75 Å². The number of phenolic OH excluding ortho intramolecular Hbond substituents is 1. The molecule has 1 aliphatic heterocycles. The molecule has 1 aromatic carbocycles. The van der Waals surface area contributed by atoms with Gasteiger partial charge in [-0.2, -0.15) is 0 Å². The number of rotatable bonds is 1. The summed E-state index contributed by atoms with van der Waals surface area (Å²) in [5.41, 5.74) is -0.0973. The normalized spacial score (nSPS) is 26.7. The maximum absolute atomic E-state index is 10.3. The summed E-state index contributed by atoms with van der Waals surface area (Å²) in [5, 5.41) is 22.7. The molecule has 2 rings (SSSR count). The lowest BCUT2D eigenvalue weighted by Gasteiger charge is -2.23. The fourth-order valence-electron chi connectivity index (χ4n) is 1.78. The summed E-state index contributed by atoms with van der Waals surface area (Å²) >= 11 is 3.38. The van der Waals surface area contributed by atoms with Crippen LogP contribution in [-0.2, 0) is 5.60 Å². The Balaban J connectivity index is 2.44. The van der Waals surface area contributed by atoms with E-state index in [1.54, 1.807) is 18.2 Å². The summed E-state index contributed by atoms with van der Waals surface area (Å²) in [6.45, 7) is 1.34. The molecular weight excluding hydrogens is 246 g/mol. The Bertz CT molecular complexity index is 348. The summed E-state index contributed by atoms with van der Waals surface area (Å²) < 4.78 is 0.835. The van der Waals surface area contributed by atoms with Crippen LogP contribution in [0.5, 0.6) is 5.75 Å². The third-order valence-electron chi connectivity index (χ3n) is 2.58. The van der Waals surface area contributed by atoms with E-state index < -0.39 is 5.60 Å². The summed E-state index contributed by atoms with van der Waals surface area (Å²) in [6, 6.07) is 4.96. The molecule has 4 heteroatoms. The van der Waals surface area contributed by atoms with Crippen molar-refractivity contribution >= 4 is 15.9 Å². The van der Waals surface area contributed by atoms with Gasteiger partial charge in [0.2, 0.25) is 0 Å². The Labute approximate surface area is 90.9 Å². The molecule has 3 N–H and O–H groups in total. The Morgan fingerprint density at radius 2 is 2.21 bits per heavy atom. The van der Waals surface area contributed by atoms with Gasteiger partial charge in [0, 0.05) is 16.6 Å². The van der Waals surface area contributed by atoms with Gasteiger partial charge in [-0.1, -0.05) is 15.9 Å². The molecule has 1 heterocycles. The van der Waals surface area contributed by atoms with Gasteiger partial charge in [-0.15, -0.1) is 0 Å². The van der Waals surface area contributed by atoms with Crippen LogP contribution >= 0.6 is 15.9 Å². The van der Waals surface area contributed by atoms with Crippen LogP contribution in [0.2, 0.25) is 0 Å². The molecule has 76 valence electrons. The predicted molar refractivity (Wildman–Crippen MR) is 57.2 cm³/mol. The third-order valence-corrected chi connectivity index (χ3v) is 3.28. The van der Waals surface area contributed by atoms with E-state index in [2.05, 4.69) is 21.2 Å². The summed E-state index contributed by atoms with van der Waals surface area (Å²) in [5.74, 6) is 0.184. The molecular formula is C10H12BrNO2. The number of aliphatic hydroxyl groups is 1. The SMILES string of the molecule is Oc1ccc(Br)c(C2(O)CCNC2)c1. The van der Waals surface area contributed by atoms with Crippen molar-refractivity contribution in [2.24, 2.45) is 0 Å². The number of nitrogens with one attached hydrogen (secondary N) is 1. The van der Waals surface area contributed by atoms with Crippen molar-refractivity contribution in [1.82, 2.24) is 5.32 Å². The van der Waals surface area contributed by atoms with Crippen molar-refractivity contribution in [2.75, 3.05) is 13.1 Å². The van der Waals surface area contributed by atoms with E-state index in [0.29, 0.717) is 13.0 Å². The molecule has 0 bridgehead atoms. The van der Waals surface area contributed by atoms with Gasteiger partial charge in [-0.3, -0.25) is 0 Å². The predicted octanol–water partition coefficient (Wildman–Crippen LogP) is 1.34. The van der Waals surface area contributed by atoms with Crippen molar-refractivity contribution in [3.05, 3.63) is 28.2 Å². The van der Waals surface area contributed by atoms with Gasteiger partial charge in [-0.25, -0.2) is 0 Å². The molecule has 1 aliphatic rings. The lowest BCUT2D eigenvalue weighted by atomic mass is 9.93. The first-order valence-corrected chi connectivity index (χ1v) is 5.33. The highest BCUT2D eigenvalue weighted by molar-refractivity contribution is 9.10. The summed E-state index contributed by atoms with van der Waals surface area (Å²) in [7, 11) is 0.